The first-order chi connectivity index (χ1) is 10.9. The van der Waals surface area contributed by atoms with E-state index in [1.807, 2.05) is 0 Å². The number of H-pyrrole nitrogens is 1. The van der Waals surface area contributed by atoms with Gasteiger partial charge in [-0.1, -0.05) is 17.3 Å². The van der Waals surface area contributed by atoms with Crippen molar-refractivity contribution in [3.8, 4) is 11.4 Å². The zero-order valence-corrected chi connectivity index (χ0v) is 11.6. The lowest BCUT2D eigenvalue weighted by Crippen LogP contribution is -2.05. The fourth-order valence-electron chi connectivity index (χ4n) is 2.15. The second-order valence-corrected chi connectivity index (χ2v) is 4.81. The normalized spacial score (nSPS) is 11.6. The molecule has 5 nitrogen and oxygen atoms in total. The third-order valence-electron chi connectivity index (χ3n) is 3.24. The van der Waals surface area contributed by atoms with Gasteiger partial charge in [-0.2, -0.15) is 13.2 Å². The molecule has 0 unspecified atom stereocenters. The first-order valence-electron chi connectivity index (χ1n) is 6.60. The fourth-order valence-corrected chi connectivity index (χ4v) is 2.15. The Morgan fingerprint density at radius 2 is 1.87 bits per heavy atom. The molecule has 0 amide bonds. The molecule has 2 aromatic heterocycles. The van der Waals surface area contributed by atoms with Crippen LogP contribution < -0.4 is 5.76 Å². The average molecular weight is 321 g/mol. The maximum absolute atomic E-state index is 12.6. The summed E-state index contributed by atoms with van der Waals surface area (Å²) < 4.78 is 42.2. The molecule has 1 N–H and O–H groups in total. The van der Waals surface area contributed by atoms with Crippen LogP contribution in [0.5, 0.6) is 0 Å². The molecule has 0 bridgehead atoms. The summed E-state index contributed by atoms with van der Waals surface area (Å²) in [6, 6.07) is 8.20. The first-order valence-corrected chi connectivity index (χ1v) is 6.60. The van der Waals surface area contributed by atoms with Crippen molar-refractivity contribution in [2.24, 2.45) is 0 Å². The number of hydrogen-bond acceptors (Lipinski definition) is 4. The van der Waals surface area contributed by atoms with Gasteiger partial charge < -0.3 is 0 Å². The highest BCUT2D eigenvalue weighted by Gasteiger charge is 2.29. The Bertz CT molecular complexity index is 866. The van der Waals surface area contributed by atoms with E-state index >= 15 is 0 Å². The molecular formula is C15H10F3N3O2. The Hall–Kier alpha value is -2.90. The number of rotatable bonds is 3. The zero-order chi connectivity index (χ0) is 16.4. The van der Waals surface area contributed by atoms with Gasteiger partial charge in [0.2, 0.25) is 0 Å². The summed E-state index contributed by atoms with van der Waals surface area (Å²) in [5.41, 5.74) is 1.07. The van der Waals surface area contributed by atoms with Crippen LogP contribution in [0.15, 0.2) is 51.9 Å². The van der Waals surface area contributed by atoms with E-state index in [9.17, 15) is 18.0 Å². The molecule has 0 aliphatic carbocycles. The highest BCUT2D eigenvalue weighted by molar-refractivity contribution is 5.57. The van der Waals surface area contributed by atoms with Gasteiger partial charge in [0, 0.05) is 18.2 Å². The van der Waals surface area contributed by atoms with Crippen LogP contribution in [0, 0.1) is 0 Å². The lowest BCUT2D eigenvalue weighted by molar-refractivity contribution is -0.137. The number of pyridine rings is 1. The van der Waals surface area contributed by atoms with Crippen LogP contribution in [0.25, 0.3) is 11.4 Å². The van der Waals surface area contributed by atoms with Crippen molar-refractivity contribution in [1.29, 1.82) is 0 Å². The molecule has 118 valence electrons. The highest BCUT2D eigenvalue weighted by Crippen LogP contribution is 2.29. The topological polar surface area (TPSA) is 71.8 Å². The molecule has 0 fully saturated rings. The van der Waals surface area contributed by atoms with E-state index in [2.05, 4.69) is 19.6 Å². The zero-order valence-electron chi connectivity index (χ0n) is 11.6. The van der Waals surface area contributed by atoms with Crippen LogP contribution in [-0.2, 0) is 12.6 Å². The van der Waals surface area contributed by atoms with Gasteiger partial charge >= 0.3 is 11.9 Å². The molecule has 2 heterocycles. The molecular weight excluding hydrogens is 311 g/mol. The maximum atomic E-state index is 12.6. The van der Waals surface area contributed by atoms with Gasteiger partial charge in [-0.15, -0.1) is 0 Å². The quantitative estimate of drug-likeness (QED) is 0.805. The molecule has 3 rings (SSSR count). The summed E-state index contributed by atoms with van der Waals surface area (Å²) in [5.74, 6) is -0.464. The molecule has 0 aliphatic heterocycles. The molecule has 0 aliphatic rings. The van der Waals surface area contributed by atoms with Gasteiger partial charge in [0.25, 0.3) is 0 Å². The average Bonchev–Trinajstić information content (AvgIpc) is 2.94. The predicted octanol–water partition coefficient (Wildman–Crippen LogP) is 3.03. The summed E-state index contributed by atoms with van der Waals surface area (Å²) in [6.45, 7) is 0. The van der Waals surface area contributed by atoms with Gasteiger partial charge in [-0.25, -0.2) is 4.79 Å². The first kappa shape index (κ1) is 15.0. The Kier molecular flexibility index (Phi) is 3.73. The Balaban J connectivity index is 1.90. The number of alkyl halides is 3. The molecule has 0 radical (unpaired) electrons. The van der Waals surface area contributed by atoms with E-state index in [1.165, 1.54) is 12.1 Å². The SMILES string of the molecule is O=c1[nH]c(-c2cccnc2Cc2ccc(C(F)(F)F)cc2)no1. The molecule has 0 atom stereocenters. The van der Waals surface area contributed by atoms with E-state index in [0.29, 0.717) is 23.2 Å². The monoisotopic (exact) mass is 321 g/mol. The van der Waals surface area contributed by atoms with Crippen molar-refractivity contribution in [3.05, 3.63) is 70.0 Å². The largest absolute Gasteiger partial charge is 0.439 e. The van der Waals surface area contributed by atoms with E-state index in [0.717, 1.165) is 12.1 Å². The minimum absolute atomic E-state index is 0.227. The van der Waals surface area contributed by atoms with Gasteiger partial charge in [-0.05, 0) is 29.8 Å². The van der Waals surface area contributed by atoms with Crippen molar-refractivity contribution in [1.82, 2.24) is 15.1 Å². The molecule has 0 spiro atoms. The van der Waals surface area contributed by atoms with Gasteiger partial charge in [0.1, 0.15) is 0 Å². The minimum atomic E-state index is -4.37. The second kappa shape index (κ2) is 5.71. The molecule has 8 heteroatoms. The Morgan fingerprint density at radius 3 is 2.48 bits per heavy atom. The van der Waals surface area contributed by atoms with Crippen LogP contribution in [0.1, 0.15) is 16.8 Å². The summed E-state index contributed by atoms with van der Waals surface area (Å²) in [4.78, 5) is 17.7. The number of nitrogens with one attached hydrogen (secondary N) is 1. The van der Waals surface area contributed by atoms with E-state index < -0.39 is 17.5 Å². The van der Waals surface area contributed by atoms with Gasteiger partial charge in [-0.3, -0.25) is 14.5 Å². The molecule has 0 saturated heterocycles. The van der Waals surface area contributed by atoms with Crippen molar-refractivity contribution >= 4 is 0 Å². The van der Waals surface area contributed by atoms with Crippen LogP contribution in [0.2, 0.25) is 0 Å². The number of halogens is 3. The van der Waals surface area contributed by atoms with E-state index in [1.54, 1.807) is 18.3 Å². The van der Waals surface area contributed by atoms with Crippen LogP contribution in [-0.4, -0.2) is 15.1 Å². The van der Waals surface area contributed by atoms with Crippen molar-refractivity contribution < 1.29 is 17.7 Å². The maximum Gasteiger partial charge on any atom is 0.439 e. The third kappa shape index (κ3) is 3.31. The van der Waals surface area contributed by atoms with Gasteiger partial charge in [0.15, 0.2) is 5.82 Å². The number of aromatic amines is 1. The summed E-state index contributed by atoms with van der Waals surface area (Å²) in [7, 11) is 0. The lowest BCUT2D eigenvalue weighted by atomic mass is 10.0. The van der Waals surface area contributed by atoms with Crippen LogP contribution >= 0.6 is 0 Å². The molecule has 1 aromatic carbocycles. The summed E-state index contributed by atoms with van der Waals surface area (Å²) in [6.07, 6.45) is -2.51. The third-order valence-corrected chi connectivity index (χ3v) is 3.24. The fraction of sp³-hybridized carbons (Fsp3) is 0.133. The van der Waals surface area contributed by atoms with Crippen molar-refractivity contribution in [2.75, 3.05) is 0 Å². The molecule has 23 heavy (non-hydrogen) atoms. The summed E-state index contributed by atoms with van der Waals surface area (Å²) in [5, 5.41) is 3.60. The number of nitrogens with zero attached hydrogens (tertiary/aromatic N) is 2. The lowest BCUT2D eigenvalue weighted by Gasteiger charge is -2.08. The van der Waals surface area contributed by atoms with E-state index in [-0.39, 0.29) is 5.82 Å². The minimum Gasteiger partial charge on any atom is -0.296 e. The standard InChI is InChI=1S/C15H10F3N3O2/c16-15(17,18)10-5-3-9(4-6-10)8-12-11(2-1-7-19-12)13-20-14(22)23-21-13/h1-7H,8H2,(H,20,21,22). The highest BCUT2D eigenvalue weighted by atomic mass is 19.4. The second-order valence-electron chi connectivity index (χ2n) is 4.81. The Morgan fingerprint density at radius 1 is 1.13 bits per heavy atom. The van der Waals surface area contributed by atoms with Crippen molar-refractivity contribution in [2.45, 2.75) is 12.6 Å². The molecule has 0 saturated carbocycles. The number of hydrogen-bond donors (Lipinski definition) is 1. The predicted molar refractivity (Wildman–Crippen MR) is 74.6 cm³/mol. The summed E-state index contributed by atoms with van der Waals surface area (Å²) >= 11 is 0. The Labute approximate surface area is 127 Å². The smallest absolute Gasteiger partial charge is 0.296 e. The van der Waals surface area contributed by atoms with Crippen molar-refractivity contribution in [3.63, 3.8) is 0 Å². The van der Waals surface area contributed by atoms with Crippen LogP contribution in [0.4, 0.5) is 13.2 Å². The number of aromatic nitrogens is 3. The number of benzene rings is 1. The van der Waals surface area contributed by atoms with Gasteiger partial charge in [0.05, 0.1) is 11.3 Å². The van der Waals surface area contributed by atoms with E-state index in [4.69, 9.17) is 0 Å². The van der Waals surface area contributed by atoms with Crippen LogP contribution in [0.3, 0.4) is 0 Å². The molecule has 3 aromatic rings.